The minimum absolute atomic E-state index is 0.0247. The zero-order chi connectivity index (χ0) is 13.2. The topological polar surface area (TPSA) is 68.0 Å². The smallest absolute Gasteiger partial charge is 0.313 e. The van der Waals surface area contributed by atoms with Crippen LogP contribution < -0.4 is 0 Å². The molecule has 6 heteroatoms. The van der Waals surface area contributed by atoms with Crippen molar-refractivity contribution in [2.75, 3.05) is 5.75 Å². The Kier molecular flexibility index (Phi) is 3.25. The number of fused-ring (bicyclic) bond motifs is 1. The number of thioether (sulfide) groups is 1. The van der Waals surface area contributed by atoms with Crippen molar-refractivity contribution in [3.8, 4) is 0 Å². The van der Waals surface area contributed by atoms with Crippen LogP contribution in [0.5, 0.6) is 0 Å². The first-order valence-corrected chi connectivity index (χ1v) is 7.06. The third-order valence-corrected chi connectivity index (χ3v) is 4.07. The molecule has 0 amide bonds. The van der Waals surface area contributed by atoms with Gasteiger partial charge in [-0.1, -0.05) is 23.9 Å². The van der Waals surface area contributed by atoms with Crippen LogP contribution in [-0.4, -0.2) is 31.4 Å². The van der Waals surface area contributed by atoms with E-state index < -0.39 is 5.97 Å². The van der Waals surface area contributed by atoms with Gasteiger partial charge in [-0.2, -0.15) is 0 Å². The molecule has 0 bridgehead atoms. The van der Waals surface area contributed by atoms with Gasteiger partial charge in [-0.25, -0.2) is 4.98 Å². The van der Waals surface area contributed by atoms with Crippen LogP contribution in [0.4, 0.5) is 0 Å². The molecular weight excluding hydrogens is 262 g/mol. The van der Waals surface area contributed by atoms with Crippen LogP contribution in [0, 0.1) is 0 Å². The SMILES string of the molecule is O=C(O)CSc1nc2cnccc2n1C1CC=CC1. The maximum atomic E-state index is 10.7. The molecule has 0 aliphatic heterocycles. The molecule has 0 saturated heterocycles. The van der Waals surface area contributed by atoms with E-state index in [4.69, 9.17) is 5.11 Å². The summed E-state index contributed by atoms with van der Waals surface area (Å²) in [6.45, 7) is 0. The van der Waals surface area contributed by atoms with E-state index in [-0.39, 0.29) is 5.75 Å². The molecule has 0 saturated carbocycles. The molecular formula is C13H13N3O2S. The molecule has 1 aliphatic rings. The van der Waals surface area contributed by atoms with Crippen molar-refractivity contribution < 1.29 is 9.90 Å². The number of hydrogen-bond donors (Lipinski definition) is 1. The molecule has 3 rings (SSSR count). The Balaban J connectivity index is 2.03. The molecule has 0 fully saturated rings. The fraction of sp³-hybridized carbons (Fsp3) is 0.308. The highest BCUT2D eigenvalue weighted by Gasteiger charge is 2.20. The van der Waals surface area contributed by atoms with Crippen LogP contribution >= 0.6 is 11.8 Å². The molecule has 0 unspecified atom stereocenters. The molecule has 2 aromatic heterocycles. The summed E-state index contributed by atoms with van der Waals surface area (Å²) in [4.78, 5) is 19.3. The van der Waals surface area contributed by atoms with E-state index in [1.165, 1.54) is 11.8 Å². The van der Waals surface area contributed by atoms with Crippen molar-refractivity contribution in [1.82, 2.24) is 14.5 Å². The molecule has 1 aliphatic carbocycles. The Morgan fingerprint density at radius 1 is 1.47 bits per heavy atom. The lowest BCUT2D eigenvalue weighted by molar-refractivity contribution is -0.133. The summed E-state index contributed by atoms with van der Waals surface area (Å²) in [5.41, 5.74) is 1.85. The quantitative estimate of drug-likeness (QED) is 0.686. The third-order valence-electron chi connectivity index (χ3n) is 3.13. The number of imidazole rings is 1. The van der Waals surface area contributed by atoms with Gasteiger partial charge in [0.2, 0.25) is 0 Å². The standard InChI is InChI=1S/C13H13N3O2S/c17-12(18)8-19-13-15-10-7-14-6-5-11(10)16(13)9-3-1-2-4-9/h1-2,5-7,9H,3-4,8H2,(H,17,18). The second-order valence-corrected chi connectivity index (χ2v) is 5.35. The monoisotopic (exact) mass is 275 g/mol. The van der Waals surface area contributed by atoms with Gasteiger partial charge < -0.3 is 9.67 Å². The number of allylic oxidation sites excluding steroid dienone is 2. The van der Waals surface area contributed by atoms with Crippen molar-refractivity contribution in [1.29, 1.82) is 0 Å². The van der Waals surface area contributed by atoms with Crippen molar-refractivity contribution in [3.63, 3.8) is 0 Å². The molecule has 98 valence electrons. The Morgan fingerprint density at radius 3 is 3.00 bits per heavy atom. The average molecular weight is 275 g/mol. The number of rotatable bonds is 4. The molecule has 0 spiro atoms. The molecule has 0 radical (unpaired) electrons. The zero-order valence-corrected chi connectivity index (χ0v) is 11.0. The van der Waals surface area contributed by atoms with E-state index in [9.17, 15) is 4.79 Å². The molecule has 5 nitrogen and oxygen atoms in total. The first kappa shape index (κ1) is 12.2. The highest BCUT2D eigenvalue weighted by atomic mass is 32.2. The fourth-order valence-corrected chi connectivity index (χ4v) is 3.13. The van der Waals surface area contributed by atoms with Crippen molar-refractivity contribution in [2.45, 2.75) is 24.0 Å². The lowest BCUT2D eigenvalue weighted by Crippen LogP contribution is -2.08. The lowest BCUT2D eigenvalue weighted by Gasteiger charge is -2.15. The Morgan fingerprint density at radius 2 is 2.26 bits per heavy atom. The van der Waals surface area contributed by atoms with Crippen LogP contribution in [0.3, 0.4) is 0 Å². The summed E-state index contributed by atoms with van der Waals surface area (Å²) in [5, 5.41) is 9.59. The van der Waals surface area contributed by atoms with Crippen LogP contribution in [0.15, 0.2) is 35.8 Å². The van der Waals surface area contributed by atoms with Gasteiger partial charge in [0, 0.05) is 12.2 Å². The second-order valence-electron chi connectivity index (χ2n) is 4.41. The predicted molar refractivity (Wildman–Crippen MR) is 73.3 cm³/mol. The van der Waals surface area contributed by atoms with Crippen molar-refractivity contribution >= 4 is 28.8 Å². The van der Waals surface area contributed by atoms with Gasteiger partial charge in [0.15, 0.2) is 5.16 Å². The predicted octanol–water partition coefficient (Wildman–Crippen LogP) is 2.50. The number of carboxylic acids is 1. The number of carbonyl (C=O) groups is 1. The van der Waals surface area contributed by atoms with Gasteiger partial charge in [-0.15, -0.1) is 0 Å². The lowest BCUT2D eigenvalue weighted by atomic mass is 10.2. The first-order valence-electron chi connectivity index (χ1n) is 6.07. The van der Waals surface area contributed by atoms with E-state index in [0.717, 1.165) is 29.0 Å². The molecule has 0 atom stereocenters. The average Bonchev–Trinajstić information content (AvgIpc) is 3.02. The third kappa shape index (κ3) is 2.35. The van der Waals surface area contributed by atoms with E-state index in [1.54, 1.807) is 12.4 Å². The van der Waals surface area contributed by atoms with Crippen LogP contribution in [0.2, 0.25) is 0 Å². The number of aromatic nitrogens is 3. The molecule has 2 heterocycles. The number of carboxylic acid groups (broad SMARTS) is 1. The summed E-state index contributed by atoms with van der Waals surface area (Å²) >= 11 is 1.26. The Labute approximate surface area is 114 Å². The minimum Gasteiger partial charge on any atom is -0.481 e. The Bertz CT molecular complexity index is 642. The van der Waals surface area contributed by atoms with E-state index in [1.807, 2.05) is 6.07 Å². The summed E-state index contributed by atoms with van der Waals surface area (Å²) in [5.74, 6) is -0.803. The normalized spacial score (nSPS) is 15.4. The van der Waals surface area contributed by atoms with Crippen LogP contribution in [0.1, 0.15) is 18.9 Å². The maximum Gasteiger partial charge on any atom is 0.313 e. The number of pyridine rings is 1. The number of aliphatic carboxylic acids is 1. The Hall–Kier alpha value is -1.82. The maximum absolute atomic E-state index is 10.7. The summed E-state index contributed by atoms with van der Waals surface area (Å²) in [6, 6.07) is 2.27. The van der Waals surface area contributed by atoms with Gasteiger partial charge in [0.25, 0.3) is 0 Å². The van der Waals surface area contributed by atoms with Crippen LogP contribution in [0.25, 0.3) is 11.0 Å². The zero-order valence-electron chi connectivity index (χ0n) is 10.2. The van der Waals surface area contributed by atoms with Gasteiger partial charge >= 0.3 is 5.97 Å². The first-order chi connectivity index (χ1) is 9.25. The van der Waals surface area contributed by atoms with Gasteiger partial charge in [0.1, 0.15) is 5.52 Å². The van der Waals surface area contributed by atoms with Gasteiger partial charge in [-0.05, 0) is 18.9 Å². The molecule has 2 aromatic rings. The summed E-state index contributed by atoms with van der Waals surface area (Å²) in [6.07, 6.45) is 9.71. The minimum atomic E-state index is -0.828. The van der Waals surface area contributed by atoms with Crippen molar-refractivity contribution in [3.05, 3.63) is 30.6 Å². The number of nitrogens with zero attached hydrogens (tertiary/aromatic N) is 3. The summed E-state index contributed by atoms with van der Waals surface area (Å²) in [7, 11) is 0. The second kappa shape index (κ2) is 5.05. The molecule has 0 aromatic carbocycles. The van der Waals surface area contributed by atoms with Gasteiger partial charge in [-0.3, -0.25) is 9.78 Å². The number of hydrogen-bond acceptors (Lipinski definition) is 4. The largest absolute Gasteiger partial charge is 0.481 e. The van der Waals surface area contributed by atoms with Crippen LogP contribution in [-0.2, 0) is 4.79 Å². The highest BCUT2D eigenvalue weighted by molar-refractivity contribution is 7.99. The van der Waals surface area contributed by atoms with E-state index in [2.05, 4.69) is 26.7 Å². The highest BCUT2D eigenvalue weighted by Crippen LogP contribution is 2.33. The molecule has 19 heavy (non-hydrogen) atoms. The van der Waals surface area contributed by atoms with E-state index in [0.29, 0.717) is 6.04 Å². The fourth-order valence-electron chi connectivity index (χ4n) is 2.32. The van der Waals surface area contributed by atoms with Crippen molar-refractivity contribution in [2.24, 2.45) is 0 Å². The van der Waals surface area contributed by atoms with Gasteiger partial charge in [0.05, 0.1) is 17.5 Å². The van der Waals surface area contributed by atoms with E-state index >= 15 is 0 Å². The summed E-state index contributed by atoms with van der Waals surface area (Å²) < 4.78 is 2.14. The molecule has 1 N–H and O–H groups in total.